The largest absolute Gasteiger partial charge is 2.00 e. The summed E-state index contributed by atoms with van der Waals surface area (Å²) in [5, 5.41) is 0. The Morgan fingerprint density at radius 2 is 1.00 bits per heavy atom. The molecule has 0 saturated carbocycles. The molecule has 2 aliphatic rings. The molecule has 113 valence electrons. The van der Waals surface area contributed by atoms with Crippen LogP contribution in [0.4, 0.5) is 0 Å². The summed E-state index contributed by atoms with van der Waals surface area (Å²) < 4.78 is 1.27. The van der Waals surface area contributed by atoms with Gasteiger partial charge in [0.05, 0.1) is 0 Å². The normalized spacial score (nSPS) is 18.7. The monoisotopic (exact) mass is 419 g/mol. The SMILES string of the molecule is S=C([S-])N1CCSCC1.S=C([S-])N1CCSCC1.[Cu+2]. The zero-order valence-corrected chi connectivity index (χ0v) is 16.1. The number of rotatable bonds is 0. The molecular weight excluding hydrogens is 404 g/mol. The summed E-state index contributed by atoms with van der Waals surface area (Å²) in [4.78, 5) is 4.17. The summed E-state index contributed by atoms with van der Waals surface area (Å²) in [6.07, 6.45) is 0. The van der Waals surface area contributed by atoms with Gasteiger partial charge in [0.15, 0.2) is 0 Å². The standard InChI is InChI=1S/2C5H9NS3.Cu/c2*7-5(8)6-1-3-9-4-2-6;/h2*1-4H2,(H,7,8);/q;;+2/p-2. The van der Waals surface area contributed by atoms with Crippen LogP contribution in [0.15, 0.2) is 0 Å². The Bertz CT molecular complexity index is 251. The van der Waals surface area contributed by atoms with Crippen molar-refractivity contribution in [2.45, 2.75) is 0 Å². The Kier molecular flexibility index (Phi) is 12.9. The van der Waals surface area contributed by atoms with Gasteiger partial charge in [-0.3, -0.25) is 0 Å². The van der Waals surface area contributed by atoms with Crippen molar-refractivity contribution in [1.82, 2.24) is 9.80 Å². The van der Waals surface area contributed by atoms with Crippen LogP contribution in [0.2, 0.25) is 0 Å². The third kappa shape index (κ3) is 9.14. The number of nitrogens with zero attached hydrogens (tertiary/aromatic N) is 2. The molecule has 0 spiro atoms. The van der Waals surface area contributed by atoms with Crippen LogP contribution in [-0.2, 0) is 42.3 Å². The molecule has 0 bridgehead atoms. The summed E-state index contributed by atoms with van der Waals surface area (Å²) in [7, 11) is 0. The third-order valence-electron chi connectivity index (χ3n) is 2.54. The second-order valence-corrected chi connectivity index (χ2v) is 8.24. The van der Waals surface area contributed by atoms with Gasteiger partial charge in [0.1, 0.15) is 0 Å². The second-order valence-electron chi connectivity index (χ2n) is 3.73. The first kappa shape index (κ1) is 20.4. The predicted molar refractivity (Wildman–Crippen MR) is 97.7 cm³/mol. The molecule has 0 atom stereocenters. The van der Waals surface area contributed by atoms with E-state index in [1.807, 2.05) is 23.5 Å². The first-order chi connectivity index (χ1) is 8.61. The Hall–Kier alpha value is 1.44. The van der Waals surface area contributed by atoms with E-state index in [0.29, 0.717) is 8.64 Å². The Morgan fingerprint density at radius 1 is 0.737 bits per heavy atom. The van der Waals surface area contributed by atoms with Crippen LogP contribution in [0.1, 0.15) is 0 Å². The Labute approximate surface area is 156 Å². The van der Waals surface area contributed by atoms with Crippen molar-refractivity contribution in [3.8, 4) is 0 Å². The third-order valence-corrected chi connectivity index (χ3v) is 5.46. The molecule has 0 aromatic carbocycles. The van der Waals surface area contributed by atoms with Crippen LogP contribution in [-0.4, -0.2) is 67.6 Å². The summed E-state index contributed by atoms with van der Waals surface area (Å²) in [6.45, 7) is 4.19. The van der Waals surface area contributed by atoms with Crippen LogP contribution in [0, 0.1) is 0 Å². The van der Waals surface area contributed by atoms with E-state index in [9.17, 15) is 0 Å². The van der Waals surface area contributed by atoms with Gasteiger partial charge in [-0.2, -0.15) is 23.5 Å². The van der Waals surface area contributed by atoms with Crippen molar-refractivity contribution in [1.29, 1.82) is 0 Å². The minimum atomic E-state index is 0. The molecule has 0 N–H and O–H groups in total. The van der Waals surface area contributed by atoms with Gasteiger partial charge in [0.25, 0.3) is 0 Å². The van der Waals surface area contributed by atoms with Crippen molar-refractivity contribution < 1.29 is 17.1 Å². The zero-order chi connectivity index (χ0) is 13.4. The van der Waals surface area contributed by atoms with E-state index in [1.54, 1.807) is 0 Å². The minimum absolute atomic E-state index is 0. The second kappa shape index (κ2) is 12.0. The molecule has 1 radical (unpaired) electrons. The van der Waals surface area contributed by atoms with Crippen LogP contribution in [0.25, 0.3) is 0 Å². The maximum absolute atomic E-state index is 4.85. The van der Waals surface area contributed by atoms with E-state index in [-0.39, 0.29) is 17.1 Å². The van der Waals surface area contributed by atoms with Gasteiger partial charge in [0, 0.05) is 49.2 Å². The van der Waals surface area contributed by atoms with E-state index in [4.69, 9.17) is 49.7 Å². The van der Waals surface area contributed by atoms with Crippen LogP contribution in [0.5, 0.6) is 0 Å². The number of thiocarbonyl (C=S) groups is 2. The number of thioether (sulfide) groups is 2. The molecule has 2 aliphatic heterocycles. The molecule has 0 aromatic rings. The number of hydrogen-bond acceptors (Lipinski definition) is 6. The quantitative estimate of drug-likeness (QED) is 0.328. The van der Waals surface area contributed by atoms with E-state index in [2.05, 4.69) is 9.80 Å². The van der Waals surface area contributed by atoms with Gasteiger partial charge in [-0.05, 0) is 0 Å². The zero-order valence-electron chi connectivity index (χ0n) is 10.3. The van der Waals surface area contributed by atoms with Crippen LogP contribution in [0.3, 0.4) is 0 Å². The molecule has 2 saturated heterocycles. The first-order valence-electron chi connectivity index (χ1n) is 5.68. The van der Waals surface area contributed by atoms with Gasteiger partial charge in [-0.15, -0.1) is 0 Å². The summed E-state index contributed by atoms with van der Waals surface area (Å²) >= 11 is 23.3. The van der Waals surface area contributed by atoms with Crippen molar-refractivity contribution >= 4 is 81.9 Å². The van der Waals surface area contributed by atoms with Gasteiger partial charge in [-0.25, -0.2) is 0 Å². The molecule has 9 heteroatoms. The molecule has 0 aromatic heterocycles. The van der Waals surface area contributed by atoms with Crippen molar-refractivity contribution in [3.05, 3.63) is 0 Å². The van der Waals surface area contributed by atoms with Crippen LogP contribution >= 0.6 is 48.0 Å². The van der Waals surface area contributed by atoms with E-state index < -0.39 is 0 Å². The Morgan fingerprint density at radius 3 is 1.16 bits per heavy atom. The summed E-state index contributed by atoms with van der Waals surface area (Å²) in [5.74, 6) is 4.71. The average molecular weight is 420 g/mol. The van der Waals surface area contributed by atoms with E-state index >= 15 is 0 Å². The van der Waals surface area contributed by atoms with Crippen molar-refractivity contribution in [2.75, 3.05) is 49.2 Å². The van der Waals surface area contributed by atoms with Crippen molar-refractivity contribution in [3.63, 3.8) is 0 Å². The molecule has 0 aliphatic carbocycles. The maximum atomic E-state index is 4.85. The minimum Gasteiger partial charge on any atom is -0.411 e. The van der Waals surface area contributed by atoms with Crippen molar-refractivity contribution in [2.24, 2.45) is 0 Å². The molecule has 2 heterocycles. The smallest absolute Gasteiger partial charge is 0.411 e. The molecule has 2 fully saturated rings. The predicted octanol–water partition coefficient (Wildman–Crippen LogP) is 1.73. The fraction of sp³-hybridized carbons (Fsp3) is 0.800. The summed E-state index contributed by atoms with van der Waals surface area (Å²) in [6, 6.07) is 0. The molecule has 19 heavy (non-hydrogen) atoms. The fourth-order valence-corrected chi connectivity index (χ4v) is 4.03. The van der Waals surface area contributed by atoms with Gasteiger partial charge < -0.3 is 59.5 Å². The molecule has 0 amide bonds. The van der Waals surface area contributed by atoms with E-state index in [1.165, 1.54) is 23.0 Å². The van der Waals surface area contributed by atoms with Crippen LogP contribution < -0.4 is 0 Å². The molecule has 2 nitrogen and oxygen atoms in total. The number of hydrogen-bond donors (Lipinski definition) is 0. The van der Waals surface area contributed by atoms with Gasteiger partial charge in [-0.1, -0.05) is 8.64 Å². The topological polar surface area (TPSA) is 6.48 Å². The molecule has 2 rings (SSSR count). The average Bonchev–Trinajstić information content (AvgIpc) is 2.41. The van der Waals surface area contributed by atoms with E-state index in [0.717, 1.165) is 26.2 Å². The molecule has 0 unspecified atom stereocenters. The maximum Gasteiger partial charge on any atom is 2.00 e. The summed E-state index contributed by atoms with van der Waals surface area (Å²) in [5.41, 5.74) is 0. The molecular formula is C10H16CuN2S6. The van der Waals surface area contributed by atoms with Gasteiger partial charge in [0.2, 0.25) is 0 Å². The fourth-order valence-electron chi connectivity index (χ4n) is 1.49. The first-order valence-corrected chi connectivity index (χ1v) is 9.63. The van der Waals surface area contributed by atoms with Gasteiger partial charge >= 0.3 is 17.1 Å². The Balaban J connectivity index is 0.000000324.